The van der Waals surface area contributed by atoms with E-state index in [1.807, 2.05) is 11.3 Å². The van der Waals surface area contributed by atoms with Crippen molar-refractivity contribution < 1.29 is 0 Å². The van der Waals surface area contributed by atoms with Crippen molar-refractivity contribution >= 4 is 11.3 Å². The zero-order valence-electron chi connectivity index (χ0n) is 10.8. The lowest BCUT2D eigenvalue weighted by Gasteiger charge is -2.34. The quantitative estimate of drug-likeness (QED) is 0.873. The first-order chi connectivity index (χ1) is 8.71. The molecule has 1 unspecified atom stereocenters. The summed E-state index contributed by atoms with van der Waals surface area (Å²) in [7, 11) is 0. The van der Waals surface area contributed by atoms with Gasteiger partial charge < -0.3 is 5.73 Å². The summed E-state index contributed by atoms with van der Waals surface area (Å²) >= 11 is 1.98. The Labute approximate surface area is 113 Å². The summed E-state index contributed by atoms with van der Waals surface area (Å²) in [4.78, 5) is 3.06. The van der Waals surface area contributed by atoms with Crippen LogP contribution in [0.5, 0.6) is 0 Å². The fraction of sp³-hybridized carbons (Fsp3) is 0.375. The van der Waals surface area contributed by atoms with Crippen molar-refractivity contribution in [2.24, 2.45) is 5.73 Å². The zero-order chi connectivity index (χ0) is 12.6. The molecule has 3 rings (SSSR count). The molecule has 1 aliphatic carbocycles. The molecule has 1 aromatic heterocycles. The van der Waals surface area contributed by atoms with Gasteiger partial charge in [0.25, 0.3) is 0 Å². The van der Waals surface area contributed by atoms with E-state index >= 15 is 0 Å². The predicted octanol–water partition coefficient (Wildman–Crippen LogP) is 3.65. The number of rotatable bonds is 2. The minimum absolute atomic E-state index is 0.166. The maximum Gasteiger partial charge on any atom is 0.0454 e. The summed E-state index contributed by atoms with van der Waals surface area (Å²) in [5.74, 6) is 0. The van der Waals surface area contributed by atoms with Crippen LogP contribution in [0, 0.1) is 0 Å². The Morgan fingerprint density at radius 1 is 1.28 bits per heavy atom. The molecule has 0 spiro atoms. The molecule has 0 saturated carbocycles. The smallest absolute Gasteiger partial charge is 0.0454 e. The van der Waals surface area contributed by atoms with Gasteiger partial charge in [-0.3, -0.25) is 0 Å². The molecule has 1 aromatic carbocycles. The van der Waals surface area contributed by atoms with Crippen LogP contribution in [0.3, 0.4) is 0 Å². The molecular formula is C16H19NS. The minimum Gasteiger partial charge on any atom is -0.321 e. The molecule has 94 valence electrons. The second kappa shape index (κ2) is 4.52. The molecule has 1 heterocycles. The van der Waals surface area contributed by atoms with E-state index in [9.17, 15) is 0 Å². The van der Waals surface area contributed by atoms with Crippen molar-refractivity contribution in [1.82, 2.24) is 0 Å². The van der Waals surface area contributed by atoms with Gasteiger partial charge in [-0.2, -0.15) is 0 Å². The lowest BCUT2D eigenvalue weighted by Crippen LogP contribution is -2.41. The first-order valence-electron chi connectivity index (χ1n) is 6.66. The number of hydrogen-bond acceptors (Lipinski definition) is 2. The number of nitrogens with two attached hydrogens (primary N) is 1. The van der Waals surface area contributed by atoms with Crippen LogP contribution in [0.25, 0.3) is 0 Å². The molecule has 1 nitrogen and oxygen atoms in total. The summed E-state index contributed by atoms with van der Waals surface area (Å²) in [5, 5.41) is 0. The van der Waals surface area contributed by atoms with Gasteiger partial charge in [-0.15, -0.1) is 11.3 Å². The van der Waals surface area contributed by atoms with Gasteiger partial charge in [-0.05, 0) is 42.9 Å². The van der Waals surface area contributed by atoms with Crippen LogP contribution in [0.1, 0.15) is 34.2 Å². The molecule has 1 aliphatic rings. The minimum atomic E-state index is -0.166. The molecule has 0 saturated heterocycles. The lowest BCUT2D eigenvalue weighted by molar-refractivity contribution is 0.388. The average molecular weight is 257 g/mol. The van der Waals surface area contributed by atoms with Gasteiger partial charge in [-0.1, -0.05) is 37.3 Å². The molecule has 0 bridgehead atoms. The van der Waals surface area contributed by atoms with E-state index < -0.39 is 0 Å². The van der Waals surface area contributed by atoms with Crippen LogP contribution in [0.4, 0.5) is 0 Å². The molecule has 0 amide bonds. The molecule has 0 radical (unpaired) electrons. The highest BCUT2D eigenvalue weighted by Crippen LogP contribution is 2.38. The third-order valence-electron chi connectivity index (χ3n) is 3.95. The van der Waals surface area contributed by atoms with E-state index in [1.54, 1.807) is 4.88 Å². The second-order valence-corrected chi connectivity index (χ2v) is 6.43. The fourth-order valence-electron chi connectivity index (χ4n) is 2.84. The van der Waals surface area contributed by atoms with E-state index in [-0.39, 0.29) is 5.54 Å². The van der Waals surface area contributed by atoms with Crippen LogP contribution in [-0.4, -0.2) is 0 Å². The van der Waals surface area contributed by atoms with Gasteiger partial charge in [0.1, 0.15) is 0 Å². The molecule has 18 heavy (non-hydrogen) atoms. The van der Waals surface area contributed by atoms with Gasteiger partial charge >= 0.3 is 0 Å². The predicted molar refractivity (Wildman–Crippen MR) is 78.0 cm³/mol. The molecular weight excluding hydrogens is 238 g/mol. The highest BCUT2D eigenvalue weighted by Gasteiger charge is 2.33. The van der Waals surface area contributed by atoms with Crippen molar-refractivity contribution in [2.75, 3.05) is 0 Å². The van der Waals surface area contributed by atoms with Gasteiger partial charge in [-0.25, -0.2) is 0 Å². The van der Waals surface area contributed by atoms with Gasteiger partial charge in [0, 0.05) is 15.3 Å². The number of thiophene rings is 1. The van der Waals surface area contributed by atoms with Crippen LogP contribution in [0.15, 0.2) is 36.4 Å². The van der Waals surface area contributed by atoms with Gasteiger partial charge in [0.2, 0.25) is 0 Å². The topological polar surface area (TPSA) is 26.0 Å². The van der Waals surface area contributed by atoms with Crippen LogP contribution < -0.4 is 5.73 Å². The maximum absolute atomic E-state index is 6.65. The Hall–Kier alpha value is -1.12. The van der Waals surface area contributed by atoms with Crippen LogP contribution >= 0.6 is 11.3 Å². The summed E-state index contributed by atoms with van der Waals surface area (Å²) in [5.41, 5.74) is 9.24. The summed E-state index contributed by atoms with van der Waals surface area (Å²) in [6.45, 7) is 2.23. The molecule has 2 heteroatoms. The van der Waals surface area contributed by atoms with E-state index in [0.29, 0.717) is 0 Å². The number of benzene rings is 1. The highest BCUT2D eigenvalue weighted by atomic mass is 32.1. The van der Waals surface area contributed by atoms with E-state index in [0.717, 1.165) is 25.7 Å². The lowest BCUT2D eigenvalue weighted by atomic mass is 9.77. The second-order valence-electron chi connectivity index (χ2n) is 5.21. The summed E-state index contributed by atoms with van der Waals surface area (Å²) in [6, 6.07) is 12.9. The third kappa shape index (κ3) is 2.00. The number of fused-ring (bicyclic) bond motifs is 1. The molecule has 1 atom stereocenters. The van der Waals surface area contributed by atoms with Gasteiger partial charge in [0.15, 0.2) is 0 Å². The zero-order valence-corrected chi connectivity index (χ0v) is 11.6. The van der Waals surface area contributed by atoms with Crippen LogP contribution in [-0.2, 0) is 24.8 Å². The van der Waals surface area contributed by atoms with E-state index in [1.165, 1.54) is 16.0 Å². The Morgan fingerprint density at radius 3 is 2.78 bits per heavy atom. The molecule has 2 aromatic rings. The summed E-state index contributed by atoms with van der Waals surface area (Å²) in [6.07, 6.45) is 4.32. The Kier molecular flexibility index (Phi) is 3.00. The third-order valence-corrected chi connectivity index (χ3v) is 5.33. The van der Waals surface area contributed by atoms with Gasteiger partial charge in [0.05, 0.1) is 0 Å². The van der Waals surface area contributed by atoms with E-state index in [4.69, 9.17) is 5.73 Å². The first kappa shape index (κ1) is 11.9. The Bertz CT molecular complexity index is 543. The first-order valence-corrected chi connectivity index (χ1v) is 7.48. The van der Waals surface area contributed by atoms with Crippen molar-refractivity contribution in [1.29, 1.82) is 0 Å². The monoisotopic (exact) mass is 257 g/mol. The van der Waals surface area contributed by atoms with Crippen molar-refractivity contribution in [3.8, 4) is 0 Å². The maximum atomic E-state index is 6.65. The largest absolute Gasteiger partial charge is 0.321 e. The molecule has 2 N–H and O–H groups in total. The van der Waals surface area contributed by atoms with Crippen molar-refractivity contribution in [3.63, 3.8) is 0 Å². The van der Waals surface area contributed by atoms with Crippen LogP contribution in [0.2, 0.25) is 0 Å². The highest BCUT2D eigenvalue weighted by molar-refractivity contribution is 7.12. The van der Waals surface area contributed by atoms with Crippen molar-refractivity contribution in [2.45, 2.75) is 38.1 Å². The SMILES string of the molecule is CCc1cc2c(s1)CCC(N)(c1ccccc1)C2. The Morgan fingerprint density at radius 2 is 2.06 bits per heavy atom. The average Bonchev–Trinajstić information content (AvgIpc) is 2.81. The summed E-state index contributed by atoms with van der Waals surface area (Å²) < 4.78 is 0. The number of aryl methyl sites for hydroxylation is 2. The standard InChI is InChI=1S/C16H19NS/c1-2-14-10-12-11-16(17,9-8-15(12)18-14)13-6-4-3-5-7-13/h3-7,10H,2,8-9,11,17H2,1H3. The Balaban J connectivity index is 1.94. The molecule has 0 fully saturated rings. The van der Waals surface area contributed by atoms with E-state index in [2.05, 4.69) is 43.3 Å². The fourth-order valence-corrected chi connectivity index (χ4v) is 3.97. The normalized spacial score (nSPS) is 22.8. The molecule has 0 aliphatic heterocycles. The number of hydrogen-bond donors (Lipinski definition) is 1. The van der Waals surface area contributed by atoms with Crippen molar-refractivity contribution in [3.05, 3.63) is 57.3 Å².